The molecule has 0 amide bonds. The summed E-state index contributed by atoms with van der Waals surface area (Å²) in [5, 5.41) is 1.57. The van der Waals surface area contributed by atoms with Crippen LogP contribution in [-0.4, -0.2) is 50.7 Å². The number of hydrogen-bond donors (Lipinski definition) is 1. The molecule has 1 aliphatic rings. The first-order valence-electron chi connectivity index (χ1n) is 14.7. The summed E-state index contributed by atoms with van der Waals surface area (Å²) in [7, 11) is -5.62. The number of nitrogens with zero attached hydrogens (tertiary/aromatic N) is 1. The van der Waals surface area contributed by atoms with Gasteiger partial charge < -0.3 is 13.6 Å². The molecule has 43 heavy (non-hydrogen) atoms. The van der Waals surface area contributed by atoms with Crippen molar-refractivity contribution in [2.75, 3.05) is 6.61 Å². The van der Waals surface area contributed by atoms with E-state index in [-0.39, 0.29) is 16.7 Å². The molecule has 1 N–H and O–H groups in total. The zero-order valence-corrected chi connectivity index (χ0v) is 28.5. The van der Waals surface area contributed by atoms with Crippen LogP contribution in [0.3, 0.4) is 0 Å². The van der Waals surface area contributed by atoms with Gasteiger partial charge in [-0.1, -0.05) is 108 Å². The second-order valence-electron chi connectivity index (χ2n) is 13.9. The van der Waals surface area contributed by atoms with E-state index in [0.29, 0.717) is 0 Å². The number of halogens is 1. The molecule has 232 valence electrons. The van der Waals surface area contributed by atoms with Crippen molar-refractivity contribution in [3.63, 3.8) is 0 Å². The van der Waals surface area contributed by atoms with E-state index in [2.05, 4.69) is 90.5 Å². The highest BCUT2D eigenvalue weighted by atomic mass is 28.4. The lowest BCUT2D eigenvalue weighted by molar-refractivity contribution is -0.0929. The molecular weight excluding hydrogens is 580 g/mol. The van der Waals surface area contributed by atoms with E-state index in [0.717, 1.165) is 14.9 Å². The summed E-state index contributed by atoms with van der Waals surface area (Å²) >= 11 is 0. The molecule has 4 rings (SSSR count). The molecule has 0 spiro atoms. The Bertz CT molecular complexity index is 1490. The van der Waals surface area contributed by atoms with Crippen LogP contribution < -0.4 is 21.6 Å². The first kappa shape index (κ1) is 33.0. The van der Waals surface area contributed by atoms with Crippen molar-refractivity contribution in [3.05, 3.63) is 106 Å². The summed E-state index contributed by atoms with van der Waals surface area (Å²) in [6.45, 7) is 20.9. The average Bonchev–Trinajstić information content (AvgIpc) is 3.20. The second-order valence-corrected chi connectivity index (χ2v) is 22.9. The maximum atomic E-state index is 16.7. The highest BCUT2D eigenvalue weighted by molar-refractivity contribution is 6.99. The zero-order valence-electron chi connectivity index (χ0n) is 26.5. The molecule has 3 aromatic rings. The number of rotatable bonds is 9. The van der Waals surface area contributed by atoms with Gasteiger partial charge in [0, 0.05) is 12.3 Å². The number of nitrogens with one attached hydrogen (secondary N) is 1. The highest BCUT2D eigenvalue weighted by Crippen LogP contribution is 2.47. The molecule has 1 aromatic heterocycles. The number of aromatic nitrogens is 2. The summed E-state index contributed by atoms with van der Waals surface area (Å²) in [4.78, 5) is 26.8. The first-order chi connectivity index (χ1) is 20.0. The Morgan fingerprint density at radius 3 is 1.93 bits per heavy atom. The largest absolute Gasteiger partial charge is 0.407 e. The summed E-state index contributed by atoms with van der Waals surface area (Å²) in [5.74, 6) is 0. The van der Waals surface area contributed by atoms with Crippen molar-refractivity contribution in [1.29, 1.82) is 0 Å². The fourth-order valence-corrected chi connectivity index (χ4v) is 11.5. The quantitative estimate of drug-likeness (QED) is 0.258. The Morgan fingerprint density at radius 1 is 0.953 bits per heavy atom. The van der Waals surface area contributed by atoms with Crippen molar-refractivity contribution in [2.24, 2.45) is 0 Å². The second kappa shape index (κ2) is 11.9. The lowest BCUT2D eigenvalue weighted by Gasteiger charge is -2.46. The molecule has 7 nitrogen and oxygen atoms in total. The van der Waals surface area contributed by atoms with Crippen LogP contribution in [0.1, 0.15) is 47.8 Å². The Kier molecular flexibility index (Phi) is 9.13. The van der Waals surface area contributed by atoms with Gasteiger partial charge in [-0.2, -0.15) is 0 Å². The molecule has 4 atom stereocenters. The molecule has 1 fully saturated rings. The predicted octanol–water partition coefficient (Wildman–Crippen LogP) is 5.30. The lowest BCUT2D eigenvalue weighted by atomic mass is 9.97. The maximum absolute atomic E-state index is 16.7. The fourth-order valence-electron chi connectivity index (χ4n) is 5.59. The minimum atomic E-state index is -3.06. The van der Waals surface area contributed by atoms with Crippen molar-refractivity contribution in [3.8, 4) is 0 Å². The number of ether oxygens (including phenoxy) is 1. The van der Waals surface area contributed by atoms with Gasteiger partial charge in [-0.15, -0.1) is 6.58 Å². The molecule has 1 saturated heterocycles. The van der Waals surface area contributed by atoms with Crippen molar-refractivity contribution in [1.82, 2.24) is 9.55 Å². The minimum Gasteiger partial charge on any atom is -0.407 e. The van der Waals surface area contributed by atoms with Gasteiger partial charge in [0.25, 0.3) is 13.9 Å². The molecule has 0 bridgehead atoms. The van der Waals surface area contributed by atoms with Crippen LogP contribution in [0.15, 0.2) is 95.2 Å². The lowest BCUT2D eigenvalue weighted by Crippen LogP contribution is -2.68. The van der Waals surface area contributed by atoms with Crippen LogP contribution in [0, 0.1) is 0 Å². The Hall–Kier alpha value is -2.90. The smallest absolute Gasteiger partial charge is 0.330 e. The van der Waals surface area contributed by atoms with Crippen LogP contribution >= 0.6 is 0 Å². The van der Waals surface area contributed by atoms with Crippen molar-refractivity contribution >= 4 is 27.0 Å². The van der Waals surface area contributed by atoms with Gasteiger partial charge in [0.15, 0.2) is 20.7 Å². The minimum absolute atomic E-state index is 0.0574. The van der Waals surface area contributed by atoms with Crippen molar-refractivity contribution < 1.29 is 18.0 Å². The van der Waals surface area contributed by atoms with Crippen LogP contribution in [0.2, 0.25) is 23.2 Å². The monoisotopic (exact) mass is 624 g/mol. The normalized spacial score (nSPS) is 23.3. The molecule has 0 unspecified atom stereocenters. The number of hydrogen-bond acceptors (Lipinski definition) is 5. The van der Waals surface area contributed by atoms with Gasteiger partial charge in [-0.25, -0.2) is 9.18 Å². The van der Waals surface area contributed by atoms with Gasteiger partial charge in [0.05, 0.1) is 6.61 Å². The molecule has 2 aromatic carbocycles. The van der Waals surface area contributed by atoms with E-state index in [9.17, 15) is 9.59 Å². The van der Waals surface area contributed by atoms with E-state index >= 15 is 4.39 Å². The Morgan fingerprint density at radius 2 is 1.49 bits per heavy atom. The van der Waals surface area contributed by atoms with Gasteiger partial charge in [-0.3, -0.25) is 14.3 Å². The van der Waals surface area contributed by atoms with Gasteiger partial charge in [-0.05, 0) is 33.5 Å². The highest BCUT2D eigenvalue weighted by Gasteiger charge is 2.60. The molecule has 0 radical (unpaired) electrons. The number of alkyl halides is 1. The summed E-state index contributed by atoms with van der Waals surface area (Å²) in [6, 6.07) is 21.5. The average molecular weight is 625 g/mol. The third kappa shape index (κ3) is 6.08. The summed E-state index contributed by atoms with van der Waals surface area (Å²) in [5.41, 5.74) is -2.78. The van der Waals surface area contributed by atoms with Crippen molar-refractivity contribution in [2.45, 2.75) is 88.8 Å². The summed E-state index contributed by atoms with van der Waals surface area (Å²) < 4.78 is 38.3. The van der Waals surface area contributed by atoms with E-state index in [4.69, 9.17) is 13.6 Å². The van der Waals surface area contributed by atoms with Gasteiger partial charge in [0.2, 0.25) is 0 Å². The SMILES string of the molecule is C=C[C@]1(CO[Si](c2ccccc2)(c2ccccc2)C(C)(C)C)O[C@@H](n2ccc(=O)[nH]c2=O)[C@H](F)[C@@H]1O[Si](C)(C)C(C)(C)C. The van der Waals surface area contributed by atoms with E-state index in [1.165, 1.54) is 12.3 Å². The van der Waals surface area contributed by atoms with Crippen LogP contribution in [0.25, 0.3) is 0 Å². The van der Waals surface area contributed by atoms with Crippen LogP contribution in [0.4, 0.5) is 4.39 Å². The topological polar surface area (TPSA) is 82.5 Å². The number of aromatic amines is 1. The van der Waals surface area contributed by atoms with Gasteiger partial charge >= 0.3 is 5.69 Å². The summed E-state index contributed by atoms with van der Waals surface area (Å²) in [6.07, 6.45) is -1.41. The number of H-pyrrole nitrogens is 1. The third-order valence-corrected chi connectivity index (χ3v) is 18.5. The van der Waals surface area contributed by atoms with Crippen LogP contribution in [-0.2, 0) is 13.6 Å². The Labute approximate surface area is 256 Å². The van der Waals surface area contributed by atoms with Gasteiger partial charge in [0.1, 0.15) is 11.7 Å². The zero-order chi connectivity index (χ0) is 31.8. The maximum Gasteiger partial charge on any atom is 0.330 e. The molecular formula is C33H45FN2O5Si2. The van der Waals surface area contributed by atoms with Crippen LogP contribution in [0.5, 0.6) is 0 Å². The van der Waals surface area contributed by atoms with E-state index in [1.54, 1.807) is 6.08 Å². The molecule has 2 heterocycles. The van der Waals surface area contributed by atoms with E-state index in [1.807, 2.05) is 36.4 Å². The third-order valence-electron chi connectivity index (χ3n) is 9.01. The Balaban J connectivity index is 1.88. The molecule has 0 saturated carbocycles. The predicted molar refractivity (Wildman–Crippen MR) is 175 cm³/mol. The molecule has 0 aliphatic carbocycles. The molecule has 1 aliphatic heterocycles. The standard InChI is InChI=1S/C33H45FN2O5Si2/c1-10-33(23-39-43(32(5,6)7,24-17-13-11-14-18-24)25-19-15-12-16-20-25)28(41-42(8,9)31(2,3)4)27(34)29(40-33)36-22-21-26(37)35-30(36)38/h10-22,27-29H,1,23H2,2-9H3,(H,35,37,38)/t27-,28+,29-,33-/m1/s1. The van der Waals surface area contributed by atoms with E-state index < -0.39 is 52.0 Å². The first-order valence-corrected chi connectivity index (χ1v) is 19.5. The number of benzene rings is 2. The fraction of sp³-hybridized carbons (Fsp3) is 0.455. The molecule has 10 heteroatoms.